The second kappa shape index (κ2) is 6.96. The van der Waals surface area contributed by atoms with Gasteiger partial charge in [-0.3, -0.25) is 9.59 Å². The zero-order valence-electron chi connectivity index (χ0n) is 13.7. The summed E-state index contributed by atoms with van der Waals surface area (Å²) in [5.41, 5.74) is 0.902. The van der Waals surface area contributed by atoms with E-state index >= 15 is 0 Å². The number of nitrogens with zero attached hydrogens (tertiary/aromatic N) is 2. The van der Waals surface area contributed by atoms with Gasteiger partial charge in [0.05, 0.1) is 5.69 Å². The van der Waals surface area contributed by atoms with Crippen molar-refractivity contribution in [1.29, 1.82) is 0 Å². The molecule has 0 saturated heterocycles. The van der Waals surface area contributed by atoms with Gasteiger partial charge >= 0.3 is 0 Å². The monoisotopic (exact) mass is 332 g/mol. The number of ether oxygens (including phenoxy) is 1. The Kier molecular flexibility index (Phi) is 4.75. The van der Waals surface area contributed by atoms with E-state index in [1.807, 2.05) is 6.92 Å². The van der Waals surface area contributed by atoms with Gasteiger partial charge in [-0.1, -0.05) is 6.92 Å². The number of oxazole rings is 1. The van der Waals surface area contributed by atoms with Crippen molar-refractivity contribution in [2.45, 2.75) is 44.8 Å². The number of carbonyl (C=O) groups is 1. The van der Waals surface area contributed by atoms with Gasteiger partial charge in [-0.25, -0.2) is 9.97 Å². The fourth-order valence-corrected chi connectivity index (χ4v) is 2.88. The Labute approximate surface area is 138 Å². The molecule has 0 atom stereocenters. The Balaban J connectivity index is 1.60. The summed E-state index contributed by atoms with van der Waals surface area (Å²) in [5, 5.41) is 2.95. The molecule has 1 fully saturated rings. The van der Waals surface area contributed by atoms with Crippen molar-refractivity contribution in [3.8, 4) is 0 Å². The van der Waals surface area contributed by atoms with Crippen LogP contribution >= 0.6 is 0 Å². The number of aryl methyl sites for hydroxylation is 1. The van der Waals surface area contributed by atoms with E-state index in [1.54, 1.807) is 7.11 Å². The average molecular weight is 332 g/mol. The van der Waals surface area contributed by atoms with Gasteiger partial charge in [-0.2, -0.15) is 0 Å². The van der Waals surface area contributed by atoms with Crippen LogP contribution in [0, 0.1) is 0 Å². The maximum Gasteiger partial charge on any atom is 0.273 e. The first-order chi connectivity index (χ1) is 11.6. The number of nitrogens with one attached hydrogen (secondary N) is 2. The third kappa shape index (κ3) is 3.38. The topological polar surface area (TPSA) is 110 Å². The molecule has 2 aromatic rings. The highest BCUT2D eigenvalue weighted by Gasteiger charge is 2.33. The molecule has 1 aliphatic rings. The van der Waals surface area contributed by atoms with Gasteiger partial charge in [0.2, 0.25) is 0 Å². The molecule has 2 heterocycles. The minimum Gasteiger partial charge on any atom is -0.448 e. The van der Waals surface area contributed by atoms with Crippen LogP contribution in [0.4, 0.5) is 0 Å². The molecule has 0 aliphatic heterocycles. The normalized spacial score (nSPS) is 19.8. The van der Waals surface area contributed by atoms with Gasteiger partial charge in [0.25, 0.3) is 11.5 Å². The fourth-order valence-electron chi connectivity index (χ4n) is 2.88. The molecule has 1 aliphatic carbocycles. The van der Waals surface area contributed by atoms with Gasteiger partial charge < -0.3 is 19.5 Å². The standard InChI is InChI=1S/C16H20N4O4/c1-3-12-15(17-8-24-12)16(22)18-10-4-9(5-10)11-6-14(21)20-13(19-11)7-23-2/h6,8-10H,3-5,7H2,1-2H3,(H,18,22)(H,19,20,21). The van der Waals surface area contributed by atoms with Crippen LogP contribution in [0.5, 0.6) is 0 Å². The van der Waals surface area contributed by atoms with E-state index in [1.165, 1.54) is 12.5 Å². The molecule has 3 rings (SSSR count). The average Bonchev–Trinajstić information content (AvgIpc) is 2.98. The molecule has 128 valence electrons. The minimum atomic E-state index is -0.219. The predicted octanol–water partition coefficient (Wildman–Crippen LogP) is 1.14. The molecule has 24 heavy (non-hydrogen) atoms. The van der Waals surface area contributed by atoms with Crippen LogP contribution in [-0.2, 0) is 17.8 Å². The molecule has 0 unspecified atom stereocenters. The first-order valence-electron chi connectivity index (χ1n) is 7.93. The Bertz CT molecular complexity index is 776. The van der Waals surface area contributed by atoms with Gasteiger partial charge in [0.15, 0.2) is 12.1 Å². The number of aromatic nitrogens is 3. The van der Waals surface area contributed by atoms with Crippen LogP contribution in [0.1, 0.15) is 53.5 Å². The second-order valence-corrected chi connectivity index (χ2v) is 5.87. The van der Waals surface area contributed by atoms with E-state index < -0.39 is 0 Å². The molecule has 0 bridgehead atoms. The summed E-state index contributed by atoms with van der Waals surface area (Å²) in [4.78, 5) is 34.9. The lowest BCUT2D eigenvalue weighted by Gasteiger charge is -2.35. The number of amides is 1. The third-order valence-electron chi connectivity index (χ3n) is 4.16. The highest BCUT2D eigenvalue weighted by molar-refractivity contribution is 5.93. The van der Waals surface area contributed by atoms with E-state index in [0.29, 0.717) is 23.7 Å². The van der Waals surface area contributed by atoms with Crippen molar-refractivity contribution in [3.05, 3.63) is 45.8 Å². The zero-order valence-corrected chi connectivity index (χ0v) is 13.7. The lowest BCUT2D eigenvalue weighted by atomic mass is 9.78. The molecule has 0 spiro atoms. The molecule has 2 N–H and O–H groups in total. The van der Waals surface area contributed by atoms with E-state index in [2.05, 4.69) is 20.3 Å². The summed E-state index contributed by atoms with van der Waals surface area (Å²) in [6.45, 7) is 2.18. The summed E-state index contributed by atoms with van der Waals surface area (Å²) in [5.74, 6) is 1.05. The molecule has 1 saturated carbocycles. The van der Waals surface area contributed by atoms with Crippen LogP contribution in [0.25, 0.3) is 0 Å². The first-order valence-corrected chi connectivity index (χ1v) is 7.93. The van der Waals surface area contributed by atoms with Crippen molar-refractivity contribution in [2.75, 3.05) is 7.11 Å². The van der Waals surface area contributed by atoms with Crippen molar-refractivity contribution in [1.82, 2.24) is 20.3 Å². The number of hydrogen-bond acceptors (Lipinski definition) is 6. The lowest BCUT2D eigenvalue weighted by Crippen LogP contribution is -2.44. The SMILES string of the molecule is CCc1ocnc1C(=O)NC1CC(c2cc(=O)[nH]c(COC)n2)C1. The van der Waals surface area contributed by atoms with Crippen molar-refractivity contribution < 1.29 is 13.9 Å². The fraction of sp³-hybridized carbons (Fsp3) is 0.500. The molecule has 0 aromatic carbocycles. The molecule has 8 heteroatoms. The van der Waals surface area contributed by atoms with Crippen LogP contribution in [0.3, 0.4) is 0 Å². The number of H-pyrrole nitrogens is 1. The maximum atomic E-state index is 12.2. The Morgan fingerprint density at radius 2 is 2.29 bits per heavy atom. The van der Waals surface area contributed by atoms with Crippen molar-refractivity contribution in [3.63, 3.8) is 0 Å². The highest BCUT2D eigenvalue weighted by Crippen LogP contribution is 2.35. The summed E-state index contributed by atoms with van der Waals surface area (Å²) in [6.07, 6.45) is 3.39. The molecule has 1 amide bonds. The van der Waals surface area contributed by atoms with E-state index in [0.717, 1.165) is 18.5 Å². The molecular weight excluding hydrogens is 312 g/mol. The third-order valence-corrected chi connectivity index (χ3v) is 4.16. The summed E-state index contributed by atoms with van der Waals surface area (Å²) in [7, 11) is 1.55. The molecule has 8 nitrogen and oxygen atoms in total. The first kappa shape index (κ1) is 16.4. The summed E-state index contributed by atoms with van der Waals surface area (Å²) < 4.78 is 10.2. The number of methoxy groups -OCH3 is 1. The van der Waals surface area contributed by atoms with E-state index in [9.17, 15) is 9.59 Å². The number of rotatable bonds is 6. The number of hydrogen-bond donors (Lipinski definition) is 2. The predicted molar refractivity (Wildman–Crippen MR) is 84.7 cm³/mol. The summed E-state index contributed by atoms with van der Waals surface area (Å²) >= 11 is 0. The van der Waals surface area contributed by atoms with Crippen LogP contribution < -0.4 is 10.9 Å². The Morgan fingerprint density at radius 1 is 1.50 bits per heavy atom. The van der Waals surface area contributed by atoms with Crippen LogP contribution in [0.15, 0.2) is 21.7 Å². The van der Waals surface area contributed by atoms with Gasteiger partial charge in [0.1, 0.15) is 18.2 Å². The largest absolute Gasteiger partial charge is 0.448 e. The lowest BCUT2D eigenvalue weighted by molar-refractivity contribution is 0.0901. The van der Waals surface area contributed by atoms with Gasteiger partial charge in [-0.05, 0) is 12.8 Å². The van der Waals surface area contributed by atoms with Crippen molar-refractivity contribution >= 4 is 5.91 Å². The van der Waals surface area contributed by atoms with Gasteiger partial charge in [-0.15, -0.1) is 0 Å². The second-order valence-electron chi connectivity index (χ2n) is 5.87. The van der Waals surface area contributed by atoms with Crippen molar-refractivity contribution in [2.24, 2.45) is 0 Å². The Morgan fingerprint density at radius 3 is 3.00 bits per heavy atom. The quantitative estimate of drug-likeness (QED) is 0.821. The molecule has 0 radical (unpaired) electrons. The summed E-state index contributed by atoms with van der Waals surface area (Å²) in [6, 6.07) is 1.56. The van der Waals surface area contributed by atoms with Gasteiger partial charge in [0, 0.05) is 31.6 Å². The number of carbonyl (C=O) groups excluding carboxylic acids is 1. The maximum absolute atomic E-state index is 12.2. The van der Waals surface area contributed by atoms with Crippen LogP contribution in [0.2, 0.25) is 0 Å². The Hall–Kier alpha value is -2.48. The zero-order chi connectivity index (χ0) is 17.1. The minimum absolute atomic E-state index is 0.0517. The molecule has 2 aromatic heterocycles. The van der Waals surface area contributed by atoms with E-state index in [4.69, 9.17) is 9.15 Å². The highest BCUT2D eigenvalue weighted by atomic mass is 16.5. The smallest absolute Gasteiger partial charge is 0.273 e. The van der Waals surface area contributed by atoms with Crippen LogP contribution in [-0.4, -0.2) is 34.0 Å². The number of aromatic amines is 1. The molecular formula is C16H20N4O4. The van der Waals surface area contributed by atoms with E-state index in [-0.39, 0.29) is 30.0 Å².